The molecule has 2 aromatic carbocycles. The van der Waals surface area contributed by atoms with Crippen LogP contribution in [0.1, 0.15) is 38.0 Å². The summed E-state index contributed by atoms with van der Waals surface area (Å²) in [6.45, 7) is 1.77. The van der Waals surface area contributed by atoms with E-state index in [1.54, 1.807) is 6.92 Å². The fourth-order valence-corrected chi connectivity index (χ4v) is 3.90. The number of hydrogen-bond donors (Lipinski definition) is 2. The molecule has 0 aliphatic heterocycles. The number of hydrogen-bond acceptors (Lipinski definition) is 8. The number of amides is 1. The summed E-state index contributed by atoms with van der Waals surface area (Å²) in [5, 5.41) is 2.53. The molecule has 0 atom stereocenters. The minimum atomic E-state index is -3.90. The van der Waals surface area contributed by atoms with Gasteiger partial charge in [-0.2, -0.15) is 0 Å². The third kappa shape index (κ3) is 5.58. The number of esters is 2. The zero-order chi connectivity index (χ0) is 23.2. The van der Waals surface area contributed by atoms with Gasteiger partial charge in [0.25, 0.3) is 5.91 Å². The number of methoxy groups -OCH3 is 3. The number of carbonyl (C=O) groups is 3. The van der Waals surface area contributed by atoms with Gasteiger partial charge >= 0.3 is 11.9 Å². The summed E-state index contributed by atoms with van der Waals surface area (Å²) in [5.74, 6) is -2.04. The predicted octanol–water partition coefficient (Wildman–Crippen LogP) is 1.82. The molecule has 31 heavy (non-hydrogen) atoms. The number of anilines is 1. The Labute approximate surface area is 179 Å². The van der Waals surface area contributed by atoms with Crippen LogP contribution in [0.25, 0.3) is 0 Å². The van der Waals surface area contributed by atoms with E-state index in [0.29, 0.717) is 0 Å². The van der Waals surface area contributed by atoms with Gasteiger partial charge < -0.3 is 19.5 Å². The number of ether oxygens (including phenoxy) is 3. The standard InChI is InChI=1S/C20H22N2O8S/c1-5-21-31(26,27)17-11-12(6-7-16(17)28-2)18(23)22-15-9-13(19(24)29-3)8-14(10-15)20(25)30-4/h6-11,21H,5H2,1-4H3,(H,22,23). The van der Waals surface area contributed by atoms with Gasteiger partial charge in [0.15, 0.2) is 0 Å². The lowest BCUT2D eigenvalue weighted by Gasteiger charge is -2.13. The molecule has 0 bridgehead atoms. The van der Waals surface area contributed by atoms with Gasteiger partial charge in [0.2, 0.25) is 10.0 Å². The van der Waals surface area contributed by atoms with Crippen molar-refractivity contribution in [2.45, 2.75) is 11.8 Å². The molecule has 0 aromatic heterocycles. The Hall–Kier alpha value is -3.44. The monoisotopic (exact) mass is 450 g/mol. The van der Waals surface area contributed by atoms with E-state index in [0.717, 1.165) is 6.07 Å². The Morgan fingerprint density at radius 3 is 1.94 bits per heavy atom. The van der Waals surface area contributed by atoms with Crippen LogP contribution < -0.4 is 14.8 Å². The van der Waals surface area contributed by atoms with Crippen molar-refractivity contribution in [3.05, 3.63) is 53.1 Å². The zero-order valence-corrected chi connectivity index (χ0v) is 18.2. The Morgan fingerprint density at radius 2 is 1.45 bits per heavy atom. The van der Waals surface area contributed by atoms with Crippen LogP contribution in [0.2, 0.25) is 0 Å². The van der Waals surface area contributed by atoms with Crippen LogP contribution in [0.4, 0.5) is 5.69 Å². The summed E-state index contributed by atoms with van der Waals surface area (Å²) in [7, 11) is -0.239. The lowest BCUT2D eigenvalue weighted by Crippen LogP contribution is -2.24. The molecule has 2 N–H and O–H groups in total. The van der Waals surface area contributed by atoms with Gasteiger partial charge in [0.05, 0.1) is 32.5 Å². The predicted molar refractivity (Wildman–Crippen MR) is 111 cm³/mol. The Balaban J connectivity index is 2.45. The smallest absolute Gasteiger partial charge is 0.337 e. The van der Waals surface area contributed by atoms with Crippen molar-refractivity contribution < 1.29 is 37.0 Å². The second-order valence-electron chi connectivity index (χ2n) is 6.10. The first-order valence-electron chi connectivity index (χ1n) is 8.97. The molecule has 0 saturated carbocycles. The number of benzene rings is 2. The molecule has 10 nitrogen and oxygen atoms in total. The van der Waals surface area contributed by atoms with Crippen LogP contribution in [-0.4, -0.2) is 54.1 Å². The first kappa shape index (κ1) is 23.8. The molecule has 0 unspecified atom stereocenters. The molecule has 0 heterocycles. The van der Waals surface area contributed by atoms with Gasteiger partial charge in [-0.3, -0.25) is 4.79 Å². The van der Waals surface area contributed by atoms with Gasteiger partial charge in [0, 0.05) is 17.8 Å². The maximum atomic E-state index is 12.8. The molecule has 11 heteroatoms. The lowest BCUT2D eigenvalue weighted by atomic mass is 10.1. The topological polar surface area (TPSA) is 137 Å². The van der Waals surface area contributed by atoms with Crippen molar-refractivity contribution in [1.29, 1.82) is 0 Å². The minimum absolute atomic E-state index is 0.0142. The maximum absolute atomic E-state index is 12.8. The quantitative estimate of drug-likeness (QED) is 0.581. The average Bonchev–Trinajstić information content (AvgIpc) is 2.77. The van der Waals surface area contributed by atoms with Crippen molar-refractivity contribution in [2.24, 2.45) is 0 Å². The van der Waals surface area contributed by atoms with Gasteiger partial charge in [-0.25, -0.2) is 22.7 Å². The van der Waals surface area contributed by atoms with E-state index in [1.165, 1.54) is 51.7 Å². The molecular formula is C20H22N2O8S. The Bertz CT molecular complexity index is 1080. The highest BCUT2D eigenvalue weighted by molar-refractivity contribution is 7.89. The van der Waals surface area contributed by atoms with Crippen LogP contribution in [0.3, 0.4) is 0 Å². The van der Waals surface area contributed by atoms with Crippen LogP contribution in [0.5, 0.6) is 5.75 Å². The van der Waals surface area contributed by atoms with E-state index in [1.807, 2.05) is 0 Å². The molecule has 0 saturated heterocycles. The summed E-state index contributed by atoms with van der Waals surface area (Å²) in [5.41, 5.74) is 0.164. The van der Waals surface area contributed by atoms with E-state index < -0.39 is 27.9 Å². The molecule has 0 radical (unpaired) electrons. The Morgan fingerprint density at radius 1 is 0.871 bits per heavy atom. The molecule has 1 amide bonds. The number of rotatable bonds is 8. The lowest BCUT2D eigenvalue weighted by molar-refractivity contribution is 0.0598. The van der Waals surface area contributed by atoms with Crippen LogP contribution in [0, 0.1) is 0 Å². The fraction of sp³-hybridized carbons (Fsp3) is 0.250. The second-order valence-corrected chi connectivity index (χ2v) is 7.84. The van der Waals surface area contributed by atoms with E-state index in [2.05, 4.69) is 19.5 Å². The first-order chi connectivity index (χ1) is 14.7. The average molecular weight is 450 g/mol. The van der Waals surface area contributed by atoms with Crippen molar-refractivity contribution in [1.82, 2.24) is 4.72 Å². The Kier molecular flexibility index (Phi) is 7.72. The van der Waals surface area contributed by atoms with Crippen molar-refractivity contribution in [2.75, 3.05) is 33.2 Å². The molecule has 0 spiro atoms. The van der Waals surface area contributed by atoms with Gasteiger partial charge in [-0.15, -0.1) is 0 Å². The maximum Gasteiger partial charge on any atom is 0.337 e. The second kappa shape index (κ2) is 10.0. The van der Waals surface area contributed by atoms with E-state index in [9.17, 15) is 22.8 Å². The number of sulfonamides is 1. The van der Waals surface area contributed by atoms with Crippen molar-refractivity contribution >= 4 is 33.6 Å². The summed E-state index contributed by atoms with van der Waals surface area (Å²) >= 11 is 0. The third-order valence-electron chi connectivity index (χ3n) is 4.08. The van der Waals surface area contributed by atoms with E-state index >= 15 is 0 Å². The highest BCUT2D eigenvalue weighted by Gasteiger charge is 2.21. The van der Waals surface area contributed by atoms with Crippen LogP contribution >= 0.6 is 0 Å². The molecule has 2 rings (SSSR count). The fourth-order valence-electron chi connectivity index (χ4n) is 2.67. The van der Waals surface area contributed by atoms with E-state index in [-0.39, 0.29) is 39.6 Å². The minimum Gasteiger partial charge on any atom is -0.495 e. The normalized spacial score (nSPS) is 10.8. The molecule has 0 aliphatic rings. The molecular weight excluding hydrogens is 428 g/mol. The SMILES string of the molecule is CCNS(=O)(=O)c1cc(C(=O)Nc2cc(C(=O)OC)cc(C(=O)OC)c2)ccc1OC. The highest BCUT2D eigenvalue weighted by Crippen LogP contribution is 2.25. The summed E-state index contributed by atoms with van der Waals surface area (Å²) in [6.07, 6.45) is 0. The largest absolute Gasteiger partial charge is 0.495 e. The van der Waals surface area contributed by atoms with E-state index in [4.69, 9.17) is 4.74 Å². The highest BCUT2D eigenvalue weighted by atomic mass is 32.2. The zero-order valence-electron chi connectivity index (χ0n) is 17.3. The van der Waals surface area contributed by atoms with Crippen LogP contribution in [0.15, 0.2) is 41.3 Å². The van der Waals surface area contributed by atoms with Crippen molar-refractivity contribution in [3.63, 3.8) is 0 Å². The summed E-state index contributed by atoms with van der Waals surface area (Å²) < 4.78 is 41.6. The molecule has 166 valence electrons. The van der Waals surface area contributed by atoms with Crippen molar-refractivity contribution in [3.8, 4) is 5.75 Å². The molecule has 0 aliphatic carbocycles. The van der Waals surface area contributed by atoms with Crippen LogP contribution in [-0.2, 0) is 19.5 Å². The van der Waals surface area contributed by atoms with Gasteiger partial charge in [-0.1, -0.05) is 6.92 Å². The van der Waals surface area contributed by atoms with Gasteiger partial charge in [-0.05, 0) is 36.4 Å². The number of nitrogens with one attached hydrogen (secondary N) is 2. The summed E-state index contributed by atoms with van der Waals surface area (Å²) in [6, 6.07) is 7.79. The van der Waals surface area contributed by atoms with Gasteiger partial charge in [0.1, 0.15) is 10.6 Å². The molecule has 2 aromatic rings. The third-order valence-corrected chi connectivity index (χ3v) is 5.65. The number of carbonyl (C=O) groups excluding carboxylic acids is 3. The molecule has 0 fully saturated rings. The first-order valence-corrected chi connectivity index (χ1v) is 10.5. The summed E-state index contributed by atoms with van der Waals surface area (Å²) in [4.78, 5) is 36.3.